The molecule has 3 nitrogen and oxygen atoms in total. The van der Waals surface area contributed by atoms with E-state index < -0.39 is 0 Å². The van der Waals surface area contributed by atoms with Gasteiger partial charge in [0.05, 0.1) is 12.7 Å². The van der Waals surface area contributed by atoms with E-state index in [9.17, 15) is 4.79 Å². The lowest BCUT2D eigenvalue weighted by atomic mass is 10.2. The Hall–Kier alpha value is -0.780. The van der Waals surface area contributed by atoms with E-state index in [0.717, 1.165) is 3.57 Å². The maximum atomic E-state index is 11.0. The molecule has 0 aromatic heterocycles. The summed E-state index contributed by atoms with van der Waals surface area (Å²) in [6.45, 7) is 0. The number of carbonyl (C=O) groups is 1. The van der Waals surface area contributed by atoms with Crippen molar-refractivity contribution in [2.45, 2.75) is 0 Å². The van der Waals surface area contributed by atoms with Gasteiger partial charge in [-0.15, -0.1) is 0 Å². The first kappa shape index (κ1) is 9.31. The number of anilines is 1. The van der Waals surface area contributed by atoms with Crippen molar-refractivity contribution in [1.29, 1.82) is 0 Å². The zero-order chi connectivity index (χ0) is 9.14. The summed E-state index contributed by atoms with van der Waals surface area (Å²) in [4.78, 5) is 11.0. The van der Waals surface area contributed by atoms with E-state index in [1.165, 1.54) is 7.11 Å². The number of ether oxygens (including phenoxy) is 1. The molecule has 64 valence electrons. The molecule has 0 spiro atoms. The van der Waals surface area contributed by atoms with E-state index in [2.05, 4.69) is 27.3 Å². The Bertz CT molecular complexity index is 292. The summed E-state index contributed by atoms with van der Waals surface area (Å²) in [7, 11) is 1.35. The number of halogens is 1. The van der Waals surface area contributed by atoms with Gasteiger partial charge in [0, 0.05) is 9.26 Å². The molecule has 0 atom stereocenters. The van der Waals surface area contributed by atoms with Crippen LogP contribution in [0.1, 0.15) is 10.4 Å². The van der Waals surface area contributed by atoms with Gasteiger partial charge in [-0.3, -0.25) is 0 Å². The first-order chi connectivity index (χ1) is 5.63. The topological polar surface area (TPSA) is 52.3 Å². The highest BCUT2D eigenvalue weighted by molar-refractivity contribution is 14.1. The number of methoxy groups -OCH3 is 1. The molecule has 0 aliphatic rings. The summed E-state index contributed by atoms with van der Waals surface area (Å²) in [5.41, 5.74) is 6.60. The Morgan fingerprint density at radius 2 is 2.17 bits per heavy atom. The predicted octanol–water partition coefficient (Wildman–Crippen LogP) is 1.66. The normalized spacial score (nSPS) is 9.50. The molecule has 0 saturated carbocycles. The van der Waals surface area contributed by atoms with Gasteiger partial charge < -0.3 is 10.5 Å². The molecular weight excluding hydrogens is 269 g/mol. The fourth-order valence-corrected chi connectivity index (χ4v) is 1.54. The molecule has 1 rings (SSSR count). The van der Waals surface area contributed by atoms with Gasteiger partial charge in [0.25, 0.3) is 0 Å². The summed E-state index contributed by atoms with van der Waals surface area (Å²) < 4.78 is 5.47. The van der Waals surface area contributed by atoms with Gasteiger partial charge in [0.2, 0.25) is 0 Å². The number of esters is 1. The van der Waals surface area contributed by atoms with Crippen molar-refractivity contribution in [2.75, 3.05) is 12.8 Å². The average molecular weight is 277 g/mol. The molecule has 4 heteroatoms. The molecule has 12 heavy (non-hydrogen) atoms. The number of hydrogen-bond donors (Lipinski definition) is 1. The zero-order valence-electron chi connectivity index (χ0n) is 6.50. The molecule has 0 bridgehead atoms. The lowest BCUT2D eigenvalue weighted by Gasteiger charge is -2.01. The number of benzene rings is 1. The number of nitrogen functional groups attached to an aromatic ring is 1. The van der Waals surface area contributed by atoms with Crippen LogP contribution in [0.3, 0.4) is 0 Å². The Balaban J connectivity index is 3.08. The molecule has 2 N–H and O–H groups in total. The second kappa shape index (κ2) is 3.75. The van der Waals surface area contributed by atoms with Gasteiger partial charge in [-0.25, -0.2) is 4.79 Å². The molecule has 0 unspecified atom stereocenters. The van der Waals surface area contributed by atoms with Crippen LogP contribution in [0.5, 0.6) is 0 Å². The maximum Gasteiger partial charge on any atom is 0.337 e. The van der Waals surface area contributed by atoms with Gasteiger partial charge in [-0.05, 0) is 40.8 Å². The fourth-order valence-electron chi connectivity index (χ4n) is 0.848. The van der Waals surface area contributed by atoms with Crippen LogP contribution in [0, 0.1) is 3.57 Å². The van der Waals surface area contributed by atoms with E-state index in [4.69, 9.17) is 5.73 Å². The average Bonchev–Trinajstić information content (AvgIpc) is 2.01. The van der Waals surface area contributed by atoms with Gasteiger partial charge >= 0.3 is 5.97 Å². The van der Waals surface area contributed by atoms with Crippen molar-refractivity contribution in [1.82, 2.24) is 0 Å². The summed E-state index contributed by atoms with van der Waals surface area (Å²) in [6.07, 6.45) is 0. The largest absolute Gasteiger partial charge is 0.465 e. The Labute approximate surface area is 84.0 Å². The summed E-state index contributed by atoms with van der Waals surface area (Å²) in [5, 5.41) is 0. The highest BCUT2D eigenvalue weighted by Crippen LogP contribution is 2.14. The Morgan fingerprint density at radius 3 is 2.67 bits per heavy atom. The molecule has 0 fully saturated rings. The number of rotatable bonds is 1. The fraction of sp³-hybridized carbons (Fsp3) is 0.125. The van der Waals surface area contributed by atoms with Gasteiger partial charge in [0.1, 0.15) is 0 Å². The number of carbonyl (C=O) groups excluding carboxylic acids is 1. The van der Waals surface area contributed by atoms with Crippen molar-refractivity contribution < 1.29 is 9.53 Å². The van der Waals surface area contributed by atoms with Crippen molar-refractivity contribution in [3.8, 4) is 0 Å². The van der Waals surface area contributed by atoms with Crippen LogP contribution >= 0.6 is 22.6 Å². The highest BCUT2D eigenvalue weighted by atomic mass is 127. The quantitative estimate of drug-likeness (QED) is 0.482. The minimum atomic E-state index is -0.361. The number of nitrogens with two attached hydrogens (primary N) is 1. The number of hydrogen-bond acceptors (Lipinski definition) is 3. The van der Waals surface area contributed by atoms with Gasteiger partial charge in [-0.2, -0.15) is 0 Å². The third-order valence-corrected chi connectivity index (χ3v) is 1.96. The van der Waals surface area contributed by atoms with Crippen LogP contribution in [0.15, 0.2) is 18.2 Å². The van der Waals surface area contributed by atoms with Crippen molar-refractivity contribution in [3.05, 3.63) is 27.3 Å². The Morgan fingerprint density at radius 1 is 1.50 bits per heavy atom. The molecule has 0 radical (unpaired) electrons. The van der Waals surface area contributed by atoms with Crippen LogP contribution in [-0.4, -0.2) is 13.1 Å². The van der Waals surface area contributed by atoms with Crippen molar-refractivity contribution in [3.63, 3.8) is 0 Å². The summed E-state index contributed by atoms with van der Waals surface area (Å²) in [5.74, 6) is -0.361. The van der Waals surface area contributed by atoms with E-state index >= 15 is 0 Å². The zero-order valence-corrected chi connectivity index (χ0v) is 8.66. The van der Waals surface area contributed by atoms with Crippen LogP contribution in [-0.2, 0) is 4.74 Å². The predicted molar refractivity (Wildman–Crippen MR) is 54.9 cm³/mol. The first-order valence-electron chi connectivity index (χ1n) is 3.28. The standard InChI is InChI=1S/C8H8INO2/c1-12-8(11)5-2-6(9)4-7(10)3-5/h2-4H,10H2,1H3. The molecule has 0 heterocycles. The lowest BCUT2D eigenvalue weighted by Crippen LogP contribution is -2.02. The van der Waals surface area contributed by atoms with E-state index in [1.54, 1.807) is 18.2 Å². The Kier molecular flexibility index (Phi) is 2.91. The molecule has 1 aromatic rings. The molecule has 0 aliphatic carbocycles. The smallest absolute Gasteiger partial charge is 0.337 e. The molecule has 0 saturated heterocycles. The maximum absolute atomic E-state index is 11.0. The SMILES string of the molecule is COC(=O)c1cc(N)cc(I)c1. The minimum Gasteiger partial charge on any atom is -0.465 e. The minimum absolute atomic E-state index is 0.361. The monoisotopic (exact) mass is 277 g/mol. The third kappa shape index (κ3) is 2.10. The van der Waals surface area contributed by atoms with Crippen LogP contribution in [0.25, 0.3) is 0 Å². The van der Waals surface area contributed by atoms with Crippen LogP contribution < -0.4 is 5.73 Å². The van der Waals surface area contributed by atoms with Crippen LogP contribution in [0.4, 0.5) is 5.69 Å². The summed E-state index contributed by atoms with van der Waals surface area (Å²) in [6, 6.07) is 5.10. The van der Waals surface area contributed by atoms with E-state index in [1.807, 2.05) is 0 Å². The second-order valence-corrected chi connectivity index (χ2v) is 3.51. The molecule has 1 aromatic carbocycles. The van der Waals surface area contributed by atoms with Crippen molar-refractivity contribution >= 4 is 34.2 Å². The van der Waals surface area contributed by atoms with E-state index in [-0.39, 0.29) is 5.97 Å². The van der Waals surface area contributed by atoms with Crippen molar-refractivity contribution in [2.24, 2.45) is 0 Å². The third-order valence-electron chi connectivity index (χ3n) is 1.34. The second-order valence-electron chi connectivity index (χ2n) is 2.26. The molecular formula is C8H8INO2. The first-order valence-corrected chi connectivity index (χ1v) is 4.35. The van der Waals surface area contributed by atoms with Crippen LogP contribution in [0.2, 0.25) is 0 Å². The van der Waals surface area contributed by atoms with Gasteiger partial charge in [0.15, 0.2) is 0 Å². The van der Waals surface area contributed by atoms with E-state index in [0.29, 0.717) is 11.3 Å². The summed E-state index contributed by atoms with van der Waals surface area (Å²) >= 11 is 2.09. The lowest BCUT2D eigenvalue weighted by molar-refractivity contribution is 0.0600. The van der Waals surface area contributed by atoms with Gasteiger partial charge in [-0.1, -0.05) is 0 Å². The molecule has 0 amide bonds. The highest BCUT2D eigenvalue weighted by Gasteiger charge is 2.05. The molecule has 0 aliphatic heterocycles.